The van der Waals surface area contributed by atoms with Crippen molar-refractivity contribution in [3.63, 3.8) is 0 Å². The van der Waals surface area contributed by atoms with Gasteiger partial charge in [0.25, 0.3) is 0 Å². The number of nitrogens with zero attached hydrogens (tertiary/aromatic N) is 1. The van der Waals surface area contributed by atoms with Crippen LogP contribution in [0.1, 0.15) is 56.7 Å². The molecule has 1 aromatic rings. The smallest absolute Gasteiger partial charge is 0.317 e. The summed E-state index contributed by atoms with van der Waals surface area (Å²) in [6, 6.07) is 8.71. The lowest BCUT2D eigenvalue weighted by Crippen LogP contribution is -2.45. The minimum absolute atomic E-state index is 0.00429. The van der Waals surface area contributed by atoms with Crippen LogP contribution in [0.15, 0.2) is 24.3 Å². The summed E-state index contributed by atoms with van der Waals surface area (Å²) >= 11 is 0. The van der Waals surface area contributed by atoms with Crippen LogP contribution in [0.2, 0.25) is 0 Å². The Morgan fingerprint density at radius 2 is 1.87 bits per heavy atom. The van der Waals surface area contributed by atoms with Crippen molar-refractivity contribution in [2.45, 2.75) is 58.0 Å². The van der Waals surface area contributed by atoms with E-state index in [9.17, 15) is 9.90 Å². The first kappa shape index (κ1) is 17.8. The zero-order chi connectivity index (χ0) is 16.8. The van der Waals surface area contributed by atoms with Gasteiger partial charge in [0.2, 0.25) is 0 Å². The quantitative estimate of drug-likeness (QED) is 0.873. The predicted octanol–water partition coefficient (Wildman–Crippen LogP) is 3.50. The molecule has 1 aliphatic carbocycles. The van der Waals surface area contributed by atoms with Gasteiger partial charge >= 0.3 is 6.03 Å². The van der Waals surface area contributed by atoms with Gasteiger partial charge in [-0.1, -0.05) is 31.2 Å². The zero-order valence-corrected chi connectivity index (χ0v) is 14.6. The van der Waals surface area contributed by atoms with Crippen molar-refractivity contribution in [1.82, 2.24) is 10.2 Å². The molecule has 1 unspecified atom stereocenters. The van der Waals surface area contributed by atoms with Gasteiger partial charge in [-0.2, -0.15) is 0 Å². The highest BCUT2D eigenvalue weighted by Crippen LogP contribution is 2.27. The first-order valence-corrected chi connectivity index (χ1v) is 8.78. The summed E-state index contributed by atoms with van der Waals surface area (Å²) in [5.41, 5.74) is 2.44. The molecule has 0 aliphatic heterocycles. The second kappa shape index (κ2) is 8.34. The average molecular weight is 318 g/mol. The highest BCUT2D eigenvalue weighted by molar-refractivity contribution is 5.74. The molecule has 23 heavy (non-hydrogen) atoms. The van der Waals surface area contributed by atoms with Crippen LogP contribution in [-0.4, -0.2) is 35.7 Å². The molecular formula is C19H30N2O2. The lowest BCUT2D eigenvalue weighted by Gasteiger charge is -2.34. The van der Waals surface area contributed by atoms with Gasteiger partial charge in [-0.05, 0) is 56.1 Å². The summed E-state index contributed by atoms with van der Waals surface area (Å²) in [5.74, 6) is 0.415. The van der Waals surface area contributed by atoms with Crippen LogP contribution >= 0.6 is 0 Å². The maximum absolute atomic E-state index is 12.5. The minimum atomic E-state index is -0.00971. The second-order valence-corrected chi connectivity index (χ2v) is 6.73. The highest BCUT2D eigenvalue weighted by atomic mass is 16.3. The fourth-order valence-corrected chi connectivity index (χ4v) is 3.29. The predicted molar refractivity (Wildman–Crippen MR) is 93.4 cm³/mol. The molecule has 2 rings (SSSR count). The Labute approximate surface area is 139 Å². The summed E-state index contributed by atoms with van der Waals surface area (Å²) in [5, 5.41) is 12.3. The Kier molecular flexibility index (Phi) is 6.46. The summed E-state index contributed by atoms with van der Waals surface area (Å²) in [6.45, 7) is 4.43. The van der Waals surface area contributed by atoms with Crippen LogP contribution in [-0.2, 0) is 6.42 Å². The summed E-state index contributed by atoms with van der Waals surface area (Å²) in [7, 11) is 1.88. The summed E-state index contributed by atoms with van der Waals surface area (Å²) < 4.78 is 0. The van der Waals surface area contributed by atoms with Crippen LogP contribution in [0.25, 0.3) is 0 Å². The number of urea groups is 1. The molecule has 1 saturated carbocycles. The molecule has 1 fully saturated rings. The minimum Gasteiger partial charge on any atom is -0.396 e. The third-order valence-corrected chi connectivity index (χ3v) is 5.17. The number of carbonyl (C=O) groups excluding carboxylic acids is 1. The van der Waals surface area contributed by atoms with Gasteiger partial charge in [-0.25, -0.2) is 4.79 Å². The molecule has 1 aliphatic rings. The molecule has 4 heteroatoms. The maximum atomic E-state index is 12.5. The van der Waals surface area contributed by atoms with Gasteiger partial charge in [-0.15, -0.1) is 0 Å². The molecule has 1 atom stereocenters. The largest absolute Gasteiger partial charge is 0.396 e. The number of rotatable bonds is 5. The van der Waals surface area contributed by atoms with Crippen molar-refractivity contribution in [3.8, 4) is 0 Å². The zero-order valence-electron chi connectivity index (χ0n) is 14.6. The van der Waals surface area contributed by atoms with Crippen molar-refractivity contribution in [1.29, 1.82) is 0 Å². The Balaban J connectivity index is 1.87. The molecule has 2 N–H and O–H groups in total. The lowest BCUT2D eigenvalue weighted by atomic mass is 9.86. The second-order valence-electron chi connectivity index (χ2n) is 6.73. The van der Waals surface area contributed by atoms with Gasteiger partial charge in [-0.3, -0.25) is 0 Å². The van der Waals surface area contributed by atoms with Crippen LogP contribution in [0.3, 0.4) is 0 Å². The van der Waals surface area contributed by atoms with Gasteiger partial charge < -0.3 is 15.3 Å². The molecule has 0 radical (unpaired) electrons. The Bertz CT molecular complexity index is 493. The van der Waals surface area contributed by atoms with Gasteiger partial charge in [0.1, 0.15) is 0 Å². The number of hydrogen-bond donors (Lipinski definition) is 2. The number of benzene rings is 1. The number of nitrogens with one attached hydrogen (secondary N) is 1. The van der Waals surface area contributed by atoms with Crippen LogP contribution in [0.4, 0.5) is 4.79 Å². The van der Waals surface area contributed by atoms with Crippen molar-refractivity contribution in [2.24, 2.45) is 5.92 Å². The van der Waals surface area contributed by atoms with E-state index in [2.05, 4.69) is 36.5 Å². The number of aliphatic hydroxyl groups is 1. The molecular weight excluding hydrogens is 288 g/mol. The molecule has 0 aromatic heterocycles. The van der Waals surface area contributed by atoms with Crippen molar-refractivity contribution in [3.05, 3.63) is 35.4 Å². The monoisotopic (exact) mass is 318 g/mol. The van der Waals surface area contributed by atoms with Crippen LogP contribution in [0, 0.1) is 5.92 Å². The van der Waals surface area contributed by atoms with Gasteiger partial charge in [0.15, 0.2) is 0 Å². The first-order chi connectivity index (χ1) is 11.0. The molecule has 1 aromatic carbocycles. The van der Waals surface area contributed by atoms with E-state index in [1.807, 2.05) is 18.9 Å². The Hall–Kier alpha value is -1.55. The number of amides is 2. The van der Waals surface area contributed by atoms with Crippen molar-refractivity contribution < 1.29 is 9.90 Å². The van der Waals surface area contributed by atoms with Gasteiger partial charge in [0, 0.05) is 19.7 Å². The summed E-state index contributed by atoms with van der Waals surface area (Å²) in [6.07, 6.45) is 5.00. The fourth-order valence-electron chi connectivity index (χ4n) is 3.29. The molecule has 0 saturated heterocycles. The average Bonchev–Trinajstić information content (AvgIpc) is 2.61. The third-order valence-electron chi connectivity index (χ3n) is 5.17. The number of aryl methyl sites for hydroxylation is 1. The highest BCUT2D eigenvalue weighted by Gasteiger charge is 2.26. The van der Waals surface area contributed by atoms with E-state index in [-0.39, 0.29) is 24.7 Å². The van der Waals surface area contributed by atoms with E-state index in [0.717, 1.165) is 37.7 Å². The van der Waals surface area contributed by atoms with Gasteiger partial charge in [0.05, 0.1) is 6.04 Å². The Morgan fingerprint density at radius 1 is 1.26 bits per heavy atom. The number of carbonyl (C=O) groups is 1. The molecule has 128 valence electrons. The number of hydrogen-bond acceptors (Lipinski definition) is 2. The third kappa shape index (κ3) is 4.71. The van der Waals surface area contributed by atoms with E-state index < -0.39 is 0 Å². The van der Waals surface area contributed by atoms with Crippen molar-refractivity contribution >= 4 is 6.03 Å². The first-order valence-electron chi connectivity index (χ1n) is 8.78. The normalized spacial score (nSPS) is 22.4. The fraction of sp³-hybridized carbons (Fsp3) is 0.632. The molecule has 0 spiro atoms. The van der Waals surface area contributed by atoms with Crippen molar-refractivity contribution in [2.75, 3.05) is 13.7 Å². The van der Waals surface area contributed by atoms with E-state index in [4.69, 9.17) is 0 Å². The number of aliphatic hydroxyl groups excluding tert-OH is 1. The summed E-state index contributed by atoms with van der Waals surface area (Å²) in [4.78, 5) is 14.3. The lowest BCUT2D eigenvalue weighted by molar-refractivity contribution is 0.133. The topological polar surface area (TPSA) is 52.6 Å². The molecule has 2 amide bonds. The van der Waals surface area contributed by atoms with Crippen LogP contribution in [0.5, 0.6) is 0 Å². The molecule has 0 bridgehead atoms. The standard InChI is InChI=1S/C19H30N2O2/c1-4-15-5-9-17(10-6-15)14(2)20-19(23)21(3)18-11-7-16(13-22)8-12-18/h5-6,9-10,14,16,18,22H,4,7-8,11-13H2,1-3H3,(H,20,23). The SMILES string of the molecule is CCc1ccc(C(C)NC(=O)N(C)C2CCC(CO)CC2)cc1. The van der Waals surface area contributed by atoms with E-state index >= 15 is 0 Å². The van der Waals surface area contributed by atoms with E-state index in [1.54, 1.807) is 0 Å². The maximum Gasteiger partial charge on any atom is 0.317 e. The molecule has 0 heterocycles. The Morgan fingerprint density at radius 3 is 2.39 bits per heavy atom. The van der Waals surface area contributed by atoms with Crippen LogP contribution < -0.4 is 5.32 Å². The van der Waals surface area contributed by atoms with E-state index in [0.29, 0.717) is 5.92 Å². The molecule has 4 nitrogen and oxygen atoms in total. The van der Waals surface area contributed by atoms with E-state index in [1.165, 1.54) is 5.56 Å².